The third-order valence-electron chi connectivity index (χ3n) is 3.13. The van der Waals surface area contributed by atoms with Crippen LogP contribution in [0.3, 0.4) is 0 Å². The minimum absolute atomic E-state index is 0.0379. The van der Waals surface area contributed by atoms with E-state index >= 15 is 0 Å². The third kappa shape index (κ3) is 3.74. The second-order valence-electron chi connectivity index (χ2n) is 4.83. The second kappa shape index (κ2) is 6.45. The highest BCUT2D eigenvalue weighted by Crippen LogP contribution is 2.29. The molecule has 0 radical (unpaired) electrons. The van der Waals surface area contributed by atoms with Crippen molar-refractivity contribution < 1.29 is 4.92 Å². The minimum atomic E-state index is -0.424. The Hall–Kier alpha value is -1.59. The summed E-state index contributed by atoms with van der Waals surface area (Å²) < 4.78 is 0.960. The van der Waals surface area contributed by atoms with Crippen molar-refractivity contribution >= 4 is 38.9 Å². The van der Waals surface area contributed by atoms with Crippen molar-refractivity contribution in [1.82, 2.24) is 0 Å². The zero-order valence-electron chi connectivity index (χ0n) is 11.6. The number of nitrogens with one attached hydrogen (secondary N) is 1. The van der Waals surface area contributed by atoms with E-state index in [-0.39, 0.29) is 5.69 Å². The zero-order valence-corrected chi connectivity index (χ0v) is 14.0. The quantitative estimate of drug-likeness (QED) is 0.592. The van der Waals surface area contributed by atoms with E-state index in [0.717, 1.165) is 15.7 Å². The van der Waals surface area contributed by atoms with Gasteiger partial charge in [0.2, 0.25) is 0 Å². The van der Waals surface area contributed by atoms with Crippen LogP contribution in [0, 0.1) is 24.0 Å². The number of anilines is 1. The number of halogens is 2. The van der Waals surface area contributed by atoms with Crippen LogP contribution in [-0.2, 0) is 6.54 Å². The van der Waals surface area contributed by atoms with Gasteiger partial charge in [0.1, 0.15) is 0 Å². The average molecular weight is 370 g/mol. The van der Waals surface area contributed by atoms with Crippen molar-refractivity contribution in [2.24, 2.45) is 0 Å². The maximum atomic E-state index is 10.8. The van der Waals surface area contributed by atoms with Gasteiger partial charge in [0.25, 0.3) is 5.69 Å². The normalized spacial score (nSPS) is 10.5. The number of nitro groups is 1. The third-order valence-corrected chi connectivity index (χ3v) is 4.12. The molecule has 0 bridgehead atoms. The molecule has 0 heterocycles. The predicted molar refractivity (Wildman–Crippen MR) is 89.0 cm³/mol. The van der Waals surface area contributed by atoms with Gasteiger partial charge in [0.05, 0.1) is 10.6 Å². The Morgan fingerprint density at radius 3 is 2.62 bits per heavy atom. The Kier molecular flexibility index (Phi) is 4.85. The van der Waals surface area contributed by atoms with Crippen molar-refractivity contribution in [3.8, 4) is 0 Å². The van der Waals surface area contributed by atoms with Crippen LogP contribution in [0.25, 0.3) is 0 Å². The van der Waals surface area contributed by atoms with Gasteiger partial charge in [-0.25, -0.2) is 0 Å². The highest BCUT2D eigenvalue weighted by atomic mass is 79.9. The molecule has 2 aromatic carbocycles. The lowest BCUT2D eigenvalue weighted by molar-refractivity contribution is -0.384. The maximum Gasteiger partial charge on any atom is 0.269 e. The molecule has 0 saturated carbocycles. The summed E-state index contributed by atoms with van der Waals surface area (Å²) in [6.45, 7) is 4.46. The molecule has 1 N–H and O–H groups in total. The van der Waals surface area contributed by atoms with Crippen LogP contribution in [0.15, 0.2) is 34.8 Å². The van der Waals surface area contributed by atoms with E-state index in [4.69, 9.17) is 11.6 Å². The molecule has 110 valence electrons. The summed E-state index contributed by atoms with van der Waals surface area (Å²) >= 11 is 9.62. The van der Waals surface area contributed by atoms with E-state index in [9.17, 15) is 10.1 Å². The highest BCUT2D eigenvalue weighted by molar-refractivity contribution is 9.10. The molecule has 0 saturated heterocycles. The molecule has 0 fully saturated rings. The lowest BCUT2D eigenvalue weighted by Crippen LogP contribution is -2.03. The molecular weight excluding hydrogens is 356 g/mol. The molecule has 2 rings (SSSR count). The Morgan fingerprint density at radius 2 is 2.00 bits per heavy atom. The van der Waals surface area contributed by atoms with Crippen molar-refractivity contribution in [2.45, 2.75) is 20.4 Å². The smallest absolute Gasteiger partial charge is 0.269 e. The van der Waals surface area contributed by atoms with Gasteiger partial charge < -0.3 is 5.32 Å². The molecule has 0 aliphatic carbocycles. The van der Waals surface area contributed by atoms with Crippen molar-refractivity contribution in [3.63, 3.8) is 0 Å². The van der Waals surface area contributed by atoms with Gasteiger partial charge in [0, 0.05) is 28.2 Å². The predicted octanol–water partition coefficient (Wildman–Crippen LogP) is 5.24. The lowest BCUT2D eigenvalue weighted by Gasteiger charge is -2.13. The fourth-order valence-electron chi connectivity index (χ4n) is 2.13. The van der Waals surface area contributed by atoms with Crippen molar-refractivity contribution in [1.29, 1.82) is 0 Å². The highest BCUT2D eigenvalue weighted by Gasteiger charge is 2.11. The topological polar surface area (TPSA) is 55.2 Å². The van der Waals surface area contributed by atoms with Gasteiger partial charge in [-0.2, -0.15) is 0 Å². The fourth-order valence-corrected chi connectivity index (χ4v) is 3.13. The van der Waals surface area contributed by atoms with Crippen LogP contribution in [0.5, 0.6) is 0 Å². The Balaban J connectivity index is 2.24. The van der Waals surface area contributed by atoms with Crippen LogP contribution in [0.1, 0.15) is 16.7 Å². The van der Waals surface area contributed by atoms with Crippen LogP contribution < -0.4 is 5.32 Å². The Bertz CT molecular complexity index is 681. The SMILES string of the molecule is Cc1cc(C)c(NCc2cc([N+](=O)[O-])ccc2Cl)c(Br)c1. The van der Waals surface area contributed by atoms with Gasteiger partial charge in [0.15, 0.2) is 0 Å². The molecule has 4 nitrogen and oxygen atoms in total. The van der Waals surface area contributed by atoms with E-state index in [1.165, 1.54) is 17.7 Å². The summed E-state index contributed by atoms with van der Waals surface area (Å²) in [5.41, 5.74) is 3.96. The standard InChI is InChI=1S/C15H14BrClN2O2/c1-9-5-10(2)15(13(16)6-9)18-8-11-7-12(19(20)21)3-4-14(11)17/h3-7,18H,8H2,1-2H3. The van der Waals surface area contributed by atoms with Crippen LogP contribution >= 0.6 is 27.5 Å². The summed E-state index contributed by atoms with van der Waals surface area (Å²) in [5, 5.41) is 14.6. The second-order valence-corrected chi connectivity index (χ2v) is 6.09. The first-order valence-electron chi connectivity index (χ1n) is 6.32. The van der Waals surface area contributed by atoms with E-state index in [1.54, 1.807) is 6.07 Å². The molecule has 0 aromatic heterocycles. The zero-order chi connectivity index (χ0) is 15.6. The molecule has 0 aliphatic heterocycles. The summed E-state index contributed by atoms with van der Waals surface area (Å²) in [6, 6.07) is 8.53. The summed E-state index contributed by atoms with van der Waals surface area (Å²) in [4.78, 5) is 10.4. The van der Waals surface area contributed by atoms with Gasteiger partial charge in [-0.15, -0.1) is 0 Å². The first-order chi connectivity index (χ1) is 9.88. The first kappa shape index (κ1) is 15.8. The number of aryl methyl sites for hydroxylation is 2. The van der Waals surface area contributed by atoms with E-state index in [1.807, 2.05) is 19.9 Å². The number of nitro benzene ring substituents is 1. The molecule has 0 unspecified atom stereocenters. The Morgan fingerprint density at radius 1 is 1.29 bits per heavy atom. The molecule has 2 aromatic rings. The monoisotopic (exact) mass is 368 g/mol. The van der Waals surface area contributed by atoms with Crippen LogP contribution in [0.4, 0.5) is 11.4 Å². The van der Waals surface area contributed by atoms with E-state index in [2.05, 4.69) is 27.3 Å². The number of rotatable bonds is 4. The first-order valence-corrected chi connectivity index (χ1v) is 7.49. The van der Waals surface area contributed by atoms with Gasteiger partial charge in [-0.05, 0) is 58.6 Å². The molecular formula is C15H14BrClN2O2. The lowest BCUT2D eigenvalue weighted by atomic mass is 10.1. The average Bonchev–Trinajstić information content (AvgIpc) is 2.39. The molecule has 0 aliphatic rings. The van der Waals surface area contributed by atoms with Gasteiger partial charge in [-0.1, -0.05) is 17.7 Å². The molecule has 0 spiro atoms. The largest absolute Gasteiger partial charge is 0.380 e. The van der Waals surface area contributed by atoms with Crippen LogP contribution in [0.2, 0.25) is 5.02 Å². The van der Waals surface area contributed by atoms with Gasteiger partial charge in [-0.3, -0.25) is 10.1 Å². The minimum Gasteiger partial charge on any atom is -0.380 e. The number of benzene rings is 2. The number of non-ortho nitro benzene ring substituents is 1. The maximum absolute atomic E-state index is 10.8. The van der Waals surface area contributed by atoms with Crippen molar-refractivity contribution in [2.75, 3.05) is 5.32 Å². The summed E-state index contributed by atoms with van der Waals surface area (Å²) in [7, 11) is 0. The van der Waals surface area contributed by atoms with Crippen LogP contribution in [-0.4, -0.2) is 4.92 Å². The van der Waals surface area contributed by atoms with Gasteiger partial charge >= 0.3 is 0 Å². The number of nitrogens with zero attached hydrogens (tertiary/aromatic N) is 1. The Labute approximate surface area is 136 Å². The number of hydrogen-bond donors (Lipinski definition) is 1. The number of hydrogen-bond acceptors (Lipinski definition) is 3. The molecule has 6 heteroatoms. The van der Waals surface area contributed by atoms with Crippen molar-refractivity contribution in [3.05, 3.63) is 66.6 Å². The summed E-state index contributed by atoms with van der Waals surface area (Å²) in [6.07, 6.45) is 0. The van der Waals surface area contributed by atoms with E-state index in [0.29, 0.717) is 17.1 Å². The van der Waals surface area contributed by atoms with E-state index < -0.39 is 4.92 Å². The fraction of sp³-hybridized carbons (Fsp3) is 0.200. The molecule has 0 amide bonds. The summed E-state index contributed by atoms with van der Waals surface area (Å²) in [5.74, 6) is 0. The molecule has 21 heavy (non-hydrogen) atoms. The molecule has 0 atom stereocenters.